The summed E-state index contributed by atoms with van der Waals surface area (Å²) < 4.78 is 2.28. The van der Waals surface area contributed by atoms with Crippen molar-refractivity contribution < 1.29 is 0 Å². The molecule has 0 aliphatic rings. The number of fused-ring (bicyclic) bond motifs is 9. The van der Waals surface area contributed by atoms with Crippen LogP contribution in [0.15, 0.2) is 127 Å². The lowest BCUT2D eigenvalue weighted by atomic mass is 10.0. The summed E-state index contributed by atoms with van der Waals surface area (Å²) >= 11 is 0. The number of aromatic nitrogens is 3. The second-order valence-corrected chi connectivity index (χ2v) is 9.51. The SMILES string of the molecule is c1cc(-c2ccc3ccccc3c2)nc(-c2ccc3c(c2)c2ccccc2n2c4ccccc4nc32)c1. The van der Waals surface area contributed by atoms with Gasteiger partial charge in [-0.3, -0.25) is 4.40 Å². The van der Waals surface area contributed by atoms with E-state index in [1.54, 1.807) is 0 Å². The first-order valence-corrected chi connectivity index (χ1v) is 12.5. The zero-order chi connectivity index (χ0) is 24.3. The Hall–Kier alpha value is -5.02. The van der Waals surface area contributed by atoms with E-state index >= 15 is 0 Å². The van der Waals surface area contributed by atoms with Crippen molar-refractivity contribution in [3.05, 3.63) is 127 Å². The molecule has 0 radical (unpaired) electrons. The molecular formula is C34H21N3. The minimum Gasteiger partial charge on any atom is -0.292 e. The molecule has 0 aliphatic carbocycles. The van der Waals surface area contributed by atoms with Gasteiger partial charge in [-0.2, -0.15) is 0 Å². The quantitative estimate of drug-likeness (QED) is 0.236. The molecule has 0 spiro atoms. The molecule has 5 aromatic carbocycles. The monoisotopic (exact) mass is 471 g/mol. The predicted molar refractivity (Wildman–Crippen MR) is 154 cm³/mol. The van der Waals surface area contributed by atoms with Gasteiger partial charge in [0.05, 0.1) is 27.9 Å². The van der Waals surface area contributed by atoms with E-state index in [0.717, 1.165) is 50.1 Å². The van der Waals surface area contributed by atoms with Crippen molar-refractivity contribution >= 4 is 49.1 Å². The van der Waals surface area contributed by atoms with Crippen LogP contribution < -0.4 is 0 Å². The molecule has 0 bridgehead atoms. The molecule has 8 rings (SSSR count). The molecule has 172 valence electrons. The maximum Gasteiger partial charge on any atom is 0.146 e. The van der Waals surface area contributed by atoms with E-state index in [4.69, 9.17) is 9.97 Å². The van der Waals surface area contributed by atoms with Gasteiger partial charge in [0.15, 0.2) is 0 Å². The van der Waals surface area contributed by atoms with Gasteiger partial charge < -0.3 is 0 Å². The fourth-order valence-electron chi connectivity index (χ4n) is 5.57. The standard InChI is InChI=1S/C34H21N3/c1-2-9-23-20-24(17-16-22(23)8-1)29-12-7-13-30(35-29)25-18-19-27-28(21-25)26-10-3-5-14-32(26)37-33-15-6-4-11-31(33)36-34(27)37/h1-21H. The van der Waals surface area contributed by atoms with Crippen LogP contribution in [0.3, 0.4) is 0 Å². The van der Waals surface area contributed by atoms with Gasteiger partial charge in [-0.1, -0.05) is 78.9 Å². The van der Waals surface area contributed by atoms with E-state index in [9.17, 15) is 0 Å². The number of benzene rings is 5. The van der Waals surface area contributed by atoms with Crippen LogP contribution in [0.1, 0.15) is 0 Å². The molecule has 3 aromatic heterocycles. The Balaban J connectivity index is 1.35. The highest BCUT2D eigenvalue weighted by Gasteiger charge is 2.14. The van der Waals surface area contributed by atoms with Crippen molar-refractivity contribution in [2.45, 2.75) is 0 Å². The fraction of sp³-hybridized carbons (Fsp3) is 0. The first-order valence-electron chi connectivity index (χ1n) is 12.5. The van der Waals surface area contributed by atoms with Crippen LogP contribution in [0.2, 0.25) is 0 Å². The largest absolute Gasteiger partial charge is 0.292 e. The van der Waals surface area contributed by atoms with Crippen molar-refractivity contribution in [1.29, 1.82) is 0 Å². The summed E-state index contributed by atoms with van der Waals surface area (Å²) in [5, 5.41) is 6.00. The Bertz CT molecular complexity index is 2150. The molecule has 0 atom stereocenters. The van der Waals surface area contributed by atoms with Crippen molar-refractivity contribution in [2.24, 2.45) is 0 Å². The van der Waals surface area contributed by atoms with E-state index in [1.165, 1.54) is 21.5 Å². The first-order chi connectivity index (χ1) is 18.3. The van der Waals surface area contributed by atoms with E-state index in [2.05, 4.69) is 126 Å². The summed E-state index contributed by atoms with van der Waals surface area (Å²) in [6, 6.07) is 44.8. The molecule has 8 aromatic rings. The smallest absolute Gasteiger partial charge is 0.146 e. The number of imidazole rings is 1. The van der Waals surface area contributed by atoms with Crippen molar-refractivity contribution in [2.75, 3.05) is 0 Å². The molecular weight excluding hydrogens is 450 g/mol. The normalized spacial score (nSPS) is 11.8. The van der Waals surface area contributed by atoms with Gasteiger partial charge in [0, 0.05) is 21.9 Å². The Morgan fingerprint density at radius 2 is 1.14 bits per heavy atom. The molecule has 0 saturated heterocycles. The molecule has 0 unspecified atom stereocenters. The lowest BCUT2D eigenvalue weighted by molar-refractivity contribution is 1.31. The molecule has 37 heavy (non-hydrogen) atoms. The molecule has 0 amide bonds. The molecule has 3 heteroatoms. The van der Waals surface area contributed by atoms with Crippen LogP contribution in [-0.4, -0.2) is 14.4 Å². The third-order valence-electron chi connectivity index (χ3n) is 7.35. The maximum absolute atomic E-state index is 5.08. The summed E-state index contributed by atoms with van der Waals surface area (Å²) in [7, 11) is 0. The molecule has 0 N–H and O–H groups in total. The Labute approximate surface area is 213 Å². The summed E-state index contributed by atoms with van der Waals surface area (Å²) in [6.07, 6.45) is 0. The third-order valence-corrected chi connectivity index (χ3v) is 7.35. The number of para-hydroxylation sites is 3. The molecule has 3 nitrogen and oxygen atoms in total. The molecule has 0 fully saturated rings. The molecule has 0 aliphatic heterocycles. The summed E-state index contributed by atoms with van der Waals surface area (Å²) in [4.78, 5) is 10.1. The Kier molecular flexibility index (Phi) is 4.23. The van der Waals surface area contributed by atoms with Gasteiger partial charge in [-0.05, 0) is 64.7 Å². The highest BCUT2D eigenvalue weighted by molar-refractivity contribution is 6.14. The second kappa shape index (κ2) is 7.74. The minimum atomic E-state index is 0.963. The number of nitrogens with zero attached hydrogens (tertiary/aromatic N) is 3. The second-order valence-electron chi connectivity index (χ2n) is 9.51. The van der Waals surface area contributed by atoms with E-state index in [-0.39, 0.29) is 0 Å². The molecule has 3 heterocycles. The van der Waals surface area contributed by atoms with E-state index < -0.39 is 0 Å². The maximum atomic E-state index is 5.08. The van der Waals surface area contributed by atoms with Crippen molar-refractivity contribution in [3.63, 3.8) is 0 Å². The highest BCUT2D eigenvalue weighted by Crippen LogP contribution is 2.35. The Morgan fingerprint density at radius 3 is 2.03 bits per heavy atom. The van der Waals surface area contributed by atoms with Gasteiger partial charge >= 0.3 is 0 Å². The van der Waals surface area contributed by atoms with Gasteiger partial charge in [0.1, 0.15) is 5.65 Å². The molecule has 0 saturated carbocycles. The lowest BCUT2D eigenvalue weighted by Crippen LogP contribution is -1.93. The average molecular weight is 472 g/mol. The van der Waals surface area contributed by atoms with Crippen LogP contribution >= 0.6 is 0 Å². The summed E-state index contributed by atoms with van der Waals surface area (Å²) in [5.41, 5.74) is 8.44. The number of pyridine rings is 2. The van der Waals surface area contributed by atoms with Crippen LogP contribution in [-0.2, 0) is 0 Å². The summed E-state index contributed by atoms with van der Waals surface area (Å²) in [5.74, 6) is 0. The number of rotatable bonds is 2. The topological polar surface area (TPSA) is 30.2 Å². The van der Waals surface area contributed by atoms with Crippen LogP contribution in [0.5, 0.6) is 0 Å². The van der Waals surface area contributed by atoms with E-state index in [0.29, 0.717) is 0 Å². The zero-order valence-electron chi connectivity index (χ0n) is 20.0. The van der Waals surface area contributed by atoms with Crippen molar-refractivity contribution in [1.82, 2.24) is 14.4 Å². The number of hydrogen-bond acceptors (Lipinski definition) is 2. The fourth-order valence-corrected chi connectivity index (χ4v) is 5.57. The number of hydrogen-bond donors (Lipinski definition) is 0. The van der Waals surface area contributed by atoms with Crippen LogP contribution in [0, 0.1) is 0 Å². The minimum absolute atomic E-state index is 0.963. The van der Waals surface area contributed by atoms with Gasteiger partial charge in [-0.15, -0.1) is 0 Å². The third kappa shape index (κ3) is 3.08. The van der Waals surface area contributed by atoms with Gasteiger partial charge in [0.25, 0.3) is 0 Å². The Morgan fingerprint density at radius 1 is 0.432 bits per heavy atom. The average Bonchev–Trinajstić information content (AvgIpc) is 3.37. The first kappa shape index (κ1) is 20.2. The van der Waals surface area contributed by atoms with E-state index in [1.807, 2.05) is 6.07 Å². The van der Waals surface area contributed by atoms with Crippen LogP contribution in [0.25, 0.3) is 71.6 Å². The highest BCUT2D eigenvalue weighted by atomic mass is 15.0. The predicted octanol–water partition coefficient (Wildman–Crippen LogP) is 8.68. The van der Waals surface area contributed by atoms with Gasteiger partial charge in [0.2, 0.25) is 0 Å². The lowest BCUT2D eigenvalue weighted by Gasteiger charge is -2.11. The zero-order valence-corrected chi connectivity index (χ0v) is 20.0. The summed E-state index contributed by atoms with van der Waals surface area (Å²) in [6.45, 7) is 0. The van der Waals surface area contributed by atoms with Gasteiger partial charge in [-0.25, -0.2) is 9.97 Å². The van der Waals surface area contributed by atoms with Crippen LogP contribution in [0.4, 0.5) is 0 Å². The van der Waals surface area contributed by atoms with Crippen molar-refractivity contribution in [3.8, 4) is 22.5 Å².